The Hall–Kier alpha value is -2.10. The summed E-state index contributed by atoms with van der Waals surface area (Å²) < 4.78 is 0.718. The van der Waals surface area contributed by atoms with E-state index in [0.717, 1.165) is 20.3 Å². The van der Waals surface area contributed by atoms with E-state index in [-0.39, 0.29) is 5.91 Å². The number of carbonyl (C=O) groups is 1. The molecule has 24 heavy (non-hydrogen) atoms. The Balaban J connectivity index is 1.76. The summed E-state index contributed by atoms with van der Waals surface area (Å²) in [5.41, 5.74) is 2.26. The van der Waals surface area contributed by atoms with Gasteiger partial charge in [0.25, 0.3) is 0 Å². The van der Waals surface area contributed by atoms with E-state index in [1.165, 1.54) is 11.3 Å². The summed E-state index contributed by atoms with van der Waals surface area (Å²) in [6.07, 6.45) is 0.386. The van der Waals surface area contributed by atoms with Crippen LogP contribution in [0.2, 0.25) is 4.34 Å². The predicted molar refractivity (Wildman–Crippen MR) is 100 cm³/mol. The topological polar surface area (TPSA) is 20.3 Å². The molecule has 0 aliphatic rings. The first-order valence-corrected chi connectivity index (χ1v) is 9.00. The fourth-order valence-corrected chi connectivity index (χ4v) is 3.63. The maximum atomic E-state index is 12.8. The van der Waals surface area contributed by atoms with Gasteiger partial charge in [-0.05, 0) is 23.3 Å². The van der Waals surface area contributed by atoms with Gasteiger partial charge >= 0.3 is 0 Å². The number of carbonyl (C=O) groups excluding carboxylic acids is 1. The summed E-state index contributed by atoms with van der Waals surface area (Å²) in [5.74, 6) is 0.112. The standard InChI is InChI=1S/C20H18ClNOS/c21-19-12-11-18(24-19)13-20(23)22(14-16-7-3-1-4-8-16)15-17-9-5-2-6-10-17/h1-12H,13-15H2. The van der Waals surface area contributed by atoms with Gasteiger partial charge in [-0.1, -0.05) is 72.3 Å². The molecular formula is C20H18ClNOS. The molecule has 0 spiro atoms. The number of nitrogens with zero attached hydrogens (tertiary/aromatic N) is 1. The molecule has 122 valence electrons. The molecule has 0 bridgehead atoms. The van der Waals surface area contributed by atoms with Crippen molar-refractivity contribution in [3.63, 3.8) is 0 Å². The van der Waals surface area contributed by atoms with Crippen molar-refractivity contribution in [3.8, 4) is 0 Å². The fourth-order valence-electron chi connectivity index (χ4n) is 2.55. The van der Waals surface area contributed by atoms with Crippen molar-refractivity contribution >= 4 is 28.8 Å². The molecule has 3 rings (SSSR count). The van der Waals surface area contributed by atoms with Crippen molar-refractivity contribution in [1.29, 1.82) is 0 Å². The molecule has 0 unspecified atom stereocenters. The van der Waals surface area contributed by atoms with Crippen LogP contribution in [-0.2, 0) is 24.3 Å². The van der Waals surface area contributed by atoms with E-state index in [9.17, 15) is 4.79 Å². The zero-order valence-corrected chi connectivity index (χ0v) is 14.8. The van der Waals surface area contributed by atoms with Gasteiger partial charge in [-0.15, -0.1) is 11.3 Å². The van der Waals surface area contributed by atoms with Gasteiger partial charge < -0.3 is 4.90 Å². The molecule has 2 nitrogen and oxygen atoms in total. The van der Waals surface area contributed by atoms with Crippen LogP contribution >= 0.6 is 22.9 Å². The number of thiophene rings is 1. The SMILES string of the molecule is O=C(Cc1ccc(Cl)s1)N(Cc1ccccc1)Cc1ccccc1. The van der Waals surface area contributed by atoms with Gasteiger partial charge in [0.05, 0.1) is 10.8 Å². The van der Waals surface area contributed by atoms with Gasteiger partial charge in [0.1, 0.15) is 0 Å². The lowest BCUT2D eigenvalue weighted by Crippen LogP contribution is -2.31. The van der Waals surface area contributed by atoms with E-state index >= 15 is 0 Å². The highest BCUT2D eigenvalue weighted by Crippen LogP contribution is 2.23. The first-order chi connectivity index (χ1) is 11.7. The highest BCUT2D eigenvalue weighted by atomic mass is 35.5. The molecule has 3 aromatic rings. The summed E-state index contributed by atoms with van der Waals surface area (Å²) in [7, 11) is 0. The van der Waals surface area contributed by atoms with Crippen molar-refractivity contribution in [1.82, 2.24) is 4.90 Å². The molecule has 4 heteroatoms. The van der Waals surface area contributed by atoms with E-state index in [1.807, 2.05) is 77.7 Å². The van der Waals surface area contributed by atoms with Crippen LogP contribution in [-0.4, -0.2) is 10.8 Å². The molecule has 0 atom stereocenters. The summed E-state index contributed by atoms with van der Waals surface area (Å²) in [6, 6.07) is 23.9. The quantitative estimate of drug-likeness (QED) is 0.597. The van der Waals surface area contributed by atoms with Gasteiger partial charge in [-0.2, -0.15) is 0 Å². The first kappa shape index (κ1) is 16.7. The normalized spacial score (nSPS) is 10.5. The third kappa shape index (κ3) is 4.70. The van der Waals surface area contributed by atoms with Gasteiger partial charge in [0.15, 0.2) is 0 Å². The highest BCUT2D eigenvalue weighted by Gasteiger charge is 2.16. The van der Waals surface area contributed by atoms with E-state index in [1.54, 1.807) is 0 Å². The van der Waals surface area contributed by atoms with E-state index < -0.39 is 0 Å². The second kappa shape index (κ2) is 8.13. The number of amides is 1. The second-order valence-corrected chi connectivity index (χ2v) is 7.40. The van der Waals surface area contributed by atoms with E-state index in [0.29, 0.717) is 19.5 Å². The zero-order chi connectivity index (χ0) is 16.8. The predicted octanol–water partition coefficient (Wildman–Crippen LogP) is 5.17. The second-order valence-electron chi connectivity index (χ2n) is 5.60. The highest BCUT2D eigenvalue weighted by molar-refractivity contribution is 7.16. The van der Waals surface area contributed by atoms with Crippen LogP contribution in [0.25, 0.3) is 0 Å². The lowest BCUT2D eigenvalue weighted by Gasteiger charge is -2.23. The van der Waals surface area contributed by atoms with Gasteiger partial charge in [-0.25, -0.2) is 0 Å². The van der Waals surface area contributed by atoms with Crippen LogP contribution in [0.3, 0.4) is 0 Å². The Morgan fingerprint density at radius 1 is 0.833 bits per heavy atom. The van der Waals surface area contributed by atoms with Crippen molar-refractivity contribution in [2.75, 3.05) is 0 Å². The van der Waals surface area contributed by atoms with E-state index in [4.69, 9.17) is 11.6 Å². The Kier molecular flexibility index (Phi) is 5.68. The summed E-state index contributed by atoms with van der Waals surface area (Å²) in [6.45, 7) is 1.21. The van der Waals surface area contributed by atoms with Crippen LogP contribution in [0.15, 0.2) is 72.8 Å². The monoisotopic (exact) mass is 355 g/mol. The summed E-state index contributed by atoms with van der Waals surface area (Å²) in [5, 5.41) is 0. The third-order valence-corrected chi connectivity index (χ3v) is 4.97. The largest absolute Gasteiger partial charge is 0.334 e. The van der Waals surface area contributed by atoms with Crippen LogP contribution < -0.4 is 0 Å². The van der Waals surface area contributed by atoms with Crippen molar-refractivity contribution in [2.45, 2.75) is 19.5 Å². The fraction of sp³-hybridized carbons (Fsp3) is 0.150. The summed E-state index contributed by atoms with van der Waals surface area (Å²) in [4.78, 5) is 15.7. The summed E-state index contributed by atoms with van der Waals surface area (Å²) >= 11 is 7.44. The number of halogens is 1. The van der Waals surface area contributed by atoms with Crippen molar-refractivity contribution in [2.24, 2.45) is 0 Å². The third-order valence-electron chi connectivity index (χ3n) is 3.74. The number of hydrogen-bond acceptors (Lipinski definition) is 2. The van der Waals surface area contributed by atoms with Gasteiger partial charge in [0.2, 0.25) is 5.91 Å². The minimum atomic E-state index is 0.112. The Morgan fingerprint density at radius 2 is 1.38 bits per heavy atom. The van der Waals surface area contributed by atoms with Crippen molar-refractivity contribution in [3.05, 3.63) is 93.1 Å². The molecule has 0 fully saturated rings. The van der Waals surface area contributed by atoms with Crippen LogP contribution in [0.5, 0.6) is 0 Å². The van der Waals surface area contributed by atoms with Crippen molar-refractivity contribution < 1.29 is 4.79 Å². The van der Waals surface area contributed by atoms with Crippen LogP contribution in [0, 0.1) is 0 Å². The minimum Gasteiger partial charge on any atom is -0.334 e. The minimum absolute atomic E-state index is 0.112. The molecule has 2 aromatic carbocycles. The molecule has 0 saturated carbocycles. The average Bonchev–Trinajstić information content (AvgIpc) is 3.01. The Labute approximate surface area is 151 Å². The van der Waals surface area contributed by atoms with E-state index in [2.05, 4.69) is 0 Å². The molecule has 0 aliphatic carbocycles. The number of hydrogen-bond donors (Lipinski definition) is 0. The van der Waals surface area contributed by atoms with Crippen LogP contribution in [0.1, 0.15) is 16.0 Å². The smallest absolute Gasteiger partial charge is 0.228 e. The number of rotatable bonds is 6. The average molecular weight is 356 g/mol. The zero-order valence-electron chi connectivity index (χ0n) is 13.2. The Morgan fingerprint density at radius 3 is 1.83 bits per heavy atom. The Bertz CT molecular complexity index is 744. The van der Waals surface area contributed by atoms with Gasteiger partial charge in [-0.3, -0.25) is 4.79 Å². The molecule has 1 heterocycles. The molecular weight excluding hydrogens is 338 g/mol. The maximum Gasteiger partial charge on any atom is 0.228 e. The molecule has 0 N–H and O–H groups in total. The lowest BCUT2D eigenvalue weighted by atomic mass is 10.1. The van der Waals surface area contributed by atoms with Crippen LogP contribution in [0.4, 0.5) is 0 Å². The lowest BCUT2D eigenvalue weighted by molar-refractivity contribution is -0.131. The molecule has 1 aromatic heterocycles. The maximum absolute atomic E-state index is 12.8. The molecule has 1 amide bonds. The molecule has 0 radical (unpaired) electrons. The number of benzene rings is 2. The molecule has 0 saturated heterocycles. The first-order valence-electron chi connectivity index (χ1n) is 7.80. The molecule has 0 aliphatic heterocycles. The van der Waals surface area contributed by atoms with Gasteiger partial charge in [0, 0.05) is 18.0 Å².